The molecule has 1 rings (SSSR count). The first-order valence-electron chi connectivity index (χ1n) is 3.74. The molecule has 1 saturated heterocycles. The van der Waals surface area contributed by atoms with E-state index in [2.05, 4.69) is 5.32 Å². The van der Waals surface area contributed by atoms with E-state index < -0.39 is 6.17 Å². The summed E-state index contributed by atoms with van der Waals surface area (Å²) in [5.41, 5.74) is 0. The Morgan fingerprint density at radius 1 is 1.11 bits per heavy atom. The molecule has 1 aliphatic rings. The monoisotopic (exact) mass is 131 g/mol. The van der Waals surface area contributed by atoms with Crippen molar-refractivity contribution < 1.29 is 4.39 Å². The zero-order valence-corrected chi connectivity index (χ0v) is 5.70. The fourth-order valence-electron chi connectivity index (χ4n) is 1.14. The van der Waals surface area contributed by atoms with E-state index in [1.807, 2.05) is 0 Å². The summed E-state index contributed by atoms with van der Waals surface area (Å²) in [5, 5.41) is 3.18. The van der Waals surface area contributed by atoms with Crippen molar-refractivity contribution in [1.29, 1.82) is 0 Å². The molecule has 0 aromatic rings. The van der Waals surface area contributed by atoms with Gasteiger partial charge in [-0.15, -0.1) is 0 Å². The van der Waals surface area contributed by atoms with Crippen LogP contribution in [-0.2, 0) is 0 Å². The maximum Gasteiger partial charge on any atom is 0.101 e. The molecular weight excluding hydrogens is 117 g/mol. The minimum Gasteiger partial charge on any atom is -0.317 e. The minimum atomic E-state index is -0.544. The van der Waals surface area contributed by atoms with Crippen molar-refractivity contribution in [3.63, 3.8) is 0 Å². The van der Waals surface area contributed by atoms with E-state index in [1.165, 1.54) is 0 Å². The van der Waals surface area contributed by atoms with Crippen molar-refractivity contribution in [3.8, 4) is 0 Å². The molecule has 1 atom stereocenters. The van der Waals surface area contributed by atoms with Gasteiger partial charge in [0.1, 0.15) is 6.17 Å². The topological polar surface area (TPSA) is 12.0 Å². The molecule has 0 spiro atoms. The summed E-state index contributed by atoms with van der Waals surface area (Å²) in [4.78, 5) is 0. The predicted molar refractivity (Wildman–Crippen MR) is 36.2 cm³/mol. The fraction of sp³-hybridized carbons (Fsp3) is 1.00. The van der Waals surface area contributed by atoms with Gasteiger partial charge in [0, 0.05) is 0 Å². The van der Waals surface area contributed by atoms with E-state index in [9.17, 15) is 4.39 Å². The molecule has 1 N–H and O–H groups in total. The molecule has 0 aliphatic carbocycles. The maximum atomic E-state index is 12.6. The first-order chi connectivity index (χ1) is 4.39. The molecule has 1 unspecified atom stereocenters. The third-order valence-electron chi connectivity index (χ3n) is 1.76. The lowest BCUT2D eigenvalue weighted by atomic mass is 10.1. The molecule has 0 aromatic heterocycles. The van der Waals surface area contributed by atoms with Crippen LogP contribution < -0.4 is 5.32 Å². The lowest BCUT2D eigenvalue weighted by Gasteiger charge is -2.12. The van der Waals surface area contributed by atoms with E-state index in [1.54, 1.807) is 0 Å². The molecule has 0 saturated carbocycles. The van der Waals surface area contributed by atoms with Crippen molar-refractivity contribution >= 4 is 0 Å². The van der Waals surface area contributed by atoms with Crippen molar-refractivity contribution in [2.75, 3.05) is 13.1 Å². The van der Waals surface area contributed by atoms with Gasteiger partial charge >= 0.3 is 0 Å². The normalized spacial score (nSPS) is 31.0. The van der Waals surface area contributed by atoms with E-state index in [-0.39, 0.29) is 0 Å². The highest BCUT2D eigenvalue weighted by atomic mass is 19.1. The van der Waals surface area contributed by atoms with Crippen LogP contribution in [0.1, 0.15) is 25.7 Å². The van der Waals surface area contributed by atoms with Gasteiger partial charge in [-0.05, 0) is 38.8 Å². The first kappa shape index (κ1) is 7.00. The molecule has 0 amide bonds. The van der Waals surface area contributed by atoms with Crippen LogP contribution in [0.15, 0.2) is 0 Å². The highest BCUT2D eigenvalue weighted by Gasteiger charge is 2.07. The van der Waals surface area contributed by atoms with Gasteiger partial charge in [-0.1, -0.05) is 0 Å². The molecule has 0 aromatic carbocycles. The van der Waals surface area contributed by atoms with Crippen LogP contribution in [-0.4, -0.2) is 19.3 Å². The molecular formula is C7H14FN. The van der Waals surface area contributed by atoms with Gasteiger partial charge in [0.05, 0.1) is 0 Å². The van der Waals surface area contributed by atoms with Gasteiger partial charge < -0.3 is 5.32 Å². The van der Waals surface area contributed by atoms with Crippen molar-refractivity contribution in [3.05, 3.63) is 0 Å². The standard InChI is InChI=1S/C7H14FN/c8-7-3-1-2-5-9-6-4-7/h7,9H,1-6H2. The summed E-state index contributed by atoms with van der Waals surface area (Å²) in [7, 11) is 0. The zero-order valence-electron chi connectivity index (χ0n) is 5.70. The Hall–Kier alpha value is -0.110. The van der Waals surface area contributed by atoms with Crippen LogP contribution in [0.4, 0.5) is 4.39 Å². The Labute approximate surface area is 55.6 Å². The summed E-state index contributed by atoms with van der Waals surface area (Å²) in [6.07, 6.45) is 3.13. The fourth-order valence-corrected chi connectivity index (χ4v) is 1.14. The van der Waals surface area contributed by atoms with Crippen LogP contribution in [0.2, 0.25) is 0 Å². The van der Waals surface area contributed by atoms with E-state index >= 15 is 0 Å². The van der Waals surface area contributed by atoms with Gasteiger partial charge in [0.25, 0.3) is 0 Å². The largest absolute Gasteiger partial charge is 0.317 e. The molecule has 1 nitrogen and oxygen atoms in total. The van der Waals surface area contributed by atoms with Crippen LogP contribution >= 0.6 is 0 Å². The number of alkyl halides is 1. The van der Waals surface area contributed by atoms with Crippen molar-refractivity contribution in [2.24, 2.45) is 0 Å². The second-order valence-electron chi connectivity index (χ2n) is 2.63. The minimum absolute atomic E-state index is 0.544. The predicted octanol–water partition coefficient (Wildman–Crippen LogP) is 1.49. The Morgan fingerprint density at radius 2 is 2.00 bits per heavy atom. The smallest absolute Gasteiger partial charge is 0.101 e. The van der Waals surface area contributed by atoms with Crippen molar-refractivity contribution in [1.82, 2.24) is 5.32 Å². The van der Waals surface area contributed by atoms with Gasteiger partial charge in [-0.25, -0.2) is 4.39 Å². The van der Waals surface area contributed by atoms with E-state index in [0.717, 1.165) is 32.4 Å². The highest BCUT2D eigenvalue weighted by Crippen LogP contribution is 2.09. The van der Waals surface area contributed by atoms with Crippen LogP contribution in [0.3, 0.4) is 0 Å². The molecule has 1 aliphatic heterocycles. The lowest BCUT2D eigenvalue weighted by Crippen LogP contribution is -2.22. The average molecular weight is 131 g/mol. The third kappa shape index (κ3) is 2.80. The number of hydrogen-bond acceptors (Lipinski definition) is 1. The molecule has 0 radical (unpaired) electrons. The average Bonchev–Trinajstić information content (AvgIpc) is 1.79. The lowest BCUT2D eigenvalue weighted by molar-refractivity contribution is 0.274. The van der Waals surface area contributed by atoms with Crippen LogP contribution in [0, 0.1) is 0 Å². The molecule has 1 fully saturated rings. The first-order valence-corrected chi connectivity index (χ1v) is 3.74. The quantitative estimate of drug-likeness (QED) is 0.525. The Balaban J connectivity index is 2.12. The maximum absolute atomic E-state index is 12.6. The molecule has 54 valence electrons. The van der Waals surface area contributed by atoms with Gasteiger partial charge in [0.2, 0.25) is 0 Å². The second kappa shape index (κ2) is 3.83. The van der Waals surface area contributed by atoms with Gasteiger partial charge in [0.15, 0.2) is 0 Å². The van der Waals surface area contributed by atoms with Gasteiger partial charge in [-0.2, -0.15) is 0 Å². The van der Waals surface area contributed by atoms with E-state index in [0.29, 0.717) is 6.42 Å². The van der Waals surface area contributed by atoms with Crippen molar-refractivity contribution in [2.45, 2.75) is 31.9 Å². The molecule has 0 bridgehead atoms. The number of nitrogens with one attached hydrogen (secondary N) is 1. The molecule has 1 heterocycles. The number of halogens is 1. The Bertz CT molecular complexity index is 67.3. The Morgan fingerprint density at radius 3 is 2.89 bits per heavy atom. The summed E-state index contributed by atoms with van der Waals surface area (Å²) in [6, 6.07) is 0. The number of rotatable bonds is 0. The molecule has 9 heavy (non-hydrogen) atoms. The SMILES string of the molecule is FC1CCCCNCC1. The zero-order chi connectivity index (χ0) is 6.53. The van der Waals surface area contributed by atoms with E-state index in [4.69, 9.17) is 0 Å². The summed E-state index contributed by atoms with van der Waals surface area (Å²) < 4.78 is 12.6. The Kier molecular flexibility index (Phi) is 2.98. The van der Waals surface area contributed by atoms with Crippen LogP contribution in [0.5, 0.6) is 0 Å². The van der Waals surface area contributed by atoms with Crippen LogP contribution in [0.25, 0.3) is 0 Å². The number of hydrogen-bond donors (Lipinski definition) is 1. The summed E-state index contributed by atoms with van der Waals surface area (Å²) >= 11 is 0. The van der Waals surface area contributed by atoms with Gasteiger partial charge in [-0.3, -0.25) is 0 Å². The highest BCUT2D eigenvalue weighted by molar-refractivity contribution is 4.62. The second-order valence-corrected chi connectivity index (χ2v) is 2.63. The third-order valence-corrected chi connectivity index (χ3v) is 1.76. The summed E-state index contributed by atoms with van der Waals surface area (Å²) in [5.74, 6) is 0. The molecule has 2 heteroatoms. The summed E-state index contributed by atoms with van der Waals surface area (Å²) in [6.45, 7) is 1.94.